The fourth-order valence-corrected chi connectivity index (χ4v) is 4.76. The van der Waals surface area contributed by atoms with Crippen LogP contribution in [0.5, 0.6) is 0 Å². The third-order valence-electron chi connectivity index (χ3n) is 5.89. The molecule has 14 nitrogen and oxygen atoms in total. The summed E-state index contributed by atoms with van der Waals surface area (Å²) in [7, 11) is -4.52. The minimum Gasteiger partial charge on any atom is -0.505 e. The summed E-state index contributed by atoms with van der Waals surface area (Å²) in [5.74, 6) is -1.48. The number of ether oxygens (including phenoxy) is 1. The molecule has 0 saturated carbocycles. The number of imidazole rings is 1. The van der Waals surface area contributed by atoms with Gasteiger partial charge >= 0.3 is 13.3 Å². The zero-order valence-corrected chi connectivity index (χ0v) is 19.4. The number of hydrogen-bond acceptors (Lipinski definition) is 10. The van der Waals surface area contributed by atoms with Crippen LogP contribution in [0.2, 0.25) is 0 Å². The molecule has 33 heavy (non-hydrogen) atoms. The molecule has 2 aromatic rings. The number of aromatic amines is 2. The lowest BCUT2D eigenvalue weighted by atomic mass is 9.93. The van der Waals surface area contributed by atoms with Crippen molar-refractivity contribution in [1.29, 1.82) is 0 Å². The first-order valence-electron chi connectivity index (χ1n) is 10.2. The number of H-pyrrole nitrogens is 2. The van der Waals surface area contributed by atoms with Gasteiger partial charge in [-0.2, -0.15) is 4.98 Å². The Hall–Kier alpha value is -2.64. The van der Waals surface area contributed by atoms with Crippen LogP contribution in [0, 0.1) is 0 Å². The molecule has 0 spiro atoms. The molecule has 15 heteroatoms. The smallest absolute Gasteiger partial charge is 0.359 e. The number of fused-ring (bicyclic) bond motifs is 1. The maximum absolute atomic E-state index is 12.7. The van der Waals surface area contributed by atoms with Crippen LogP contribution in [0.1, 0.15) is 47.0 Å². The van der Waals surface area contributed by atoms with E-state index in [-0.39, 0.29) is 36.4 Å². The van der Waals surface area contributed by atoms with Crippen molar-refractivity contribution in [2.75, 3.05) is 5.73 Å². The second kappa shape index (κ2) is 8.29. The highest BCUT2D eigenvalue weighted by Gasteiger charge is 2.49. The molecule has 1 aliphatic heterocycles. The summed E-state index contributed by atoms with van der Waals surface area (Å²) in [6.07, 6.45) is -2.90. The molecule has 0 fully saturated rings. The van der Waals surface area contributed by atoms with Crippen molar-refractivity contribution < 1.29 is 34.0 Å². The number of nitrogens with two attached hydrogens (primary N) is 1. The van der Waals surface area contributed by atoms with Gasteiger partial charge in [0, 0.05) is 6.42 Å². The van der Waals surface area contributed by atoms with Crippen molar-refractivity contribution in [2.24, 2.45) is 0 Å². The van der Waals surface area contributed by atoms with Crippen molar-refractivity contribution in [2.45, 2.75) is 70.1 Å². The number of aromatic nitrogens is 4. The minimum atomic E-state index is -4.52. The Bertz CT molecular complexity index is 1260. The molecule has 0 aromatic carbocycles. The van der Waals surface area contributed by atoms with E-state index in [0.717, 1.165) is 4.57 Å². The summed E-state index contributed by atoms with van der Waals surface area (Å²) in [5.41, 5.74) is 2.12. The van der Waals surface area contributed by atoms with Gasteiger partial charge in [-0.15, -0.1) is 0 Å². The third-order valence-corrected chi connectivity index (χ3v) is 8.11. The van der Waals surface area contributed by atoms with E-state index in [0.29, 0.717) is 0 Å². The second-order valence-electron chi connectivity index (χ2n) is 8.40. The number of nitrogen functional groups attached to an aromatic ring is 1. The van der Waals surface area contributed by atoms with Gasteiger partial charge in [0.05, 0.1) is 5.60 Å². The van der Waals surface area contributed by atoms with Gasteiger partial charge in [0.15, 0.2) is 28.4 Å². The molecule has 1 aliphatic rings. The van der Waals surface area contributed by atoms with Gasteiger partial charge in [-0.25, -0.2) is 9.36 Å². The summed E-state index contributed by atoms with van der Waals surface area (Å²) in [4.78, 5) is 43.2. The zero-order valence-electron chi connectivity index (χ0n) is 18.5. The van der Waals surface area contributed by atoms with E-state index in [2.05, 4.69) is 15.0 Å². The number of nitrogens with one attached hydrogen (secondary N) is 2. The molecule has 0 saturated heterocycles. The van der Waals surface area contributed by atoms with Gasteiger partial charge in [0.1, 0.15) is 6.10 Å². The molecule has 3 heterocycles. The highest BCUT2D eigenvalue weighted by Crippen LogP contribution is 2.59. The Labute approximate surface area is 187 Å². The molecule has 5 atom stereocenters. The van der Waals surface area contributed by atoms with Crippen molar-refractivity contribution >= 4 is 30.6 Å². The molecule has 8 N–H and O–H groups in total. The molecular weight excluding hydrogens is 461 g/mol. The largest absolute Gasteiger partial charge is 0.505 e. The minimum absolute atomic E-state index is 0.0473. The Morgan fingerprint density at radius 1 is 1.27 bits per heavy atom. The molecule has 2 aromatic heterocycles. The Morgan fingerprint density at radius 3 is 2.48 bits per heavy atom. The molecule has 0 aliphatic carbocycles. The van der Waals surface area contributed by atoms with Crippen molar-refractivity contribution in [3.05, 3.63) is 26.6 Å². The maximum atomic E-state index is 12.7. The van der Waals surface area contributed by atoms with Crippen LogP contribution < -0.4 is 17.0 Å². The van der Waals surface area contributed by atoms with Crippen molar-refractivity contribution in [1.82, 2.24) is 19.5 Å². The van der Waals surface area contributed by atoms with Gasteiger partial charge in [0.25, 0.3) is 5.56 Å². The predicted octanol–water partition coefficient (Wildman–Crippen LogP) is 0.318. The summed E-state index contributed by atoms with van der Waals surface area (Å²) >= 11 is 0. The highest BCUT2D eigenvalue weighted by atomic mass is 31.2. The number of aliphatic hydroxyl groups is 3. The van der Waals surface area contributed by atoms with E-state index in [9.17, 15) is 34.4 Å². The third kappa shape index (κ3) is 4.32. The second-order valence-corrected chi connectivity index (χ2v) is 10.6. The molecule has 3 unspecified atom stereocenters. The van der Waals surface area contributed by atoms with Gasteiger partial charge in [-0.05, 0) is 26.7 Å². The Kier molecular flexibility index (Phi) is 6.28. The zero-order chi connectivity index (χ0) is 24.9. The Balaban J connectivity index is 1.94. The molecule has 0 radical (unpaired) electrons. The van der Waals surface area contributed by atoms with E-state index >= 15 is 0 Å². The Morgan fingerprint density at radius 2 is 1.91 bits per heavy atom. The lowest BCUT2D eigenvalue weighted by Gasteiger charge is -2.37. The van der Waals surface area contributed by atoms with Crippen LogP contribution in [0.25, 0.3) is 17.0 Å². The normalized spacial score (nSPS) is 24.3. The van der Waals surface area contributed by atoms with Crippen LogP contribution in [0.4, 0.5) is 5.95 Å². The molecule has 3 rings (SSSR count). The summed E-state index contributed by atoms with van der Waals surface area (Å²) in [6.45, 7) is 5.87. The molecule has 0 bridgehead atoms. The van der Waals surface area contributed by atoms with Gasteiger partial charge in [-0.3, -0.25) is 19.3 Å². The average molecular weight is 489 g/mol. The van der Waals surface area contributed by atoms with Crippen molar-refractivity contribution in [3.63, 3.8) is 0 Å². The van der Waals surface area contributed by atoms with Crippen molar-refractivity contribution in [3.8, 4) is 0 Å². The number of hydrogen-bond donors (Lipinski definition) is 7. The average Bonchev–Trinajstić information content (AvgIpc) is 3.18. The maximum Gasteiger partial charge on any atom is 0.359 e. The first kappa shape index (κ1) is 25.0. The monoisotopic (exact) mass is 489 g/mol. The van der Waals surface area contributed by atoms with E-state index in [1.807, 2.05) is 0 Å². The fourth-order valence-electron chi connectivity index (χ4n) is 3.36. The standard InChI is InChI=1S/C18H28N5O9P/c1-5-17(3,32-33(29,30)18(4,28)6-2)7-8-10(24)11(25)14(31-8)23-12-9(20-16(23)27)13(26)22-15(19)21-12/h8,10,24-25,28H,5-7H2,1-4H3,(H,20,27)(H,29,30)(H3,19,21,22,26)/t8-,10-,17?,18?/m1/s1. The number of rotatable bonds is 8. The fraction of sp³-hybridized carbons (Fsp3) is 0.611. The van der Waals surface area contributed by atoms with Crippen LogP contribution in [-0.2, 0) is 13.8 Å². The van der Waals surface area contributed by atoms with E-state index in [1.165, 1.54) is 20.8 Å². The molecule has 0 amide bonds. The number of anilines is 1. The van der Waals surface area contributed by atoms with Gasteiger partial charge < -0.3 is 35.2 Å². The lowest BCUT2D eigenvalue weighted by Crippen LogP contribution is -2.39. The topological polar surface area (TPSA) is 226 Å². The lowest BCUT2D eigenvalue weighted by molar-refractivity contribution is -0.0318. The van der Waals surface area contributed by atoms with Crippen LogP contribution in [-0.4, -0.2) is 62.9 Å². The molecular formula is C18H28N5O9P. The first-order valence-corrected chi connectivity index (χ1v) is 11.8. The van der Waals surface area contributed by atoms with Gasteiger partial charge in [-0.1, -0.05) is 13.8 Å². The molecule has 184 valence electrons. The van der Waals surface area contributed by atoms with E-state index < -0.39 is 53.6 Å². The van der Waals surface area contributed by atoms with Crippen LogP contribution in [0.15, 0.2) is 15.3 Å². The first-order chi connectivity index (χ1) is 15.2. The van der Waals surface area contributed by atoms with Crippen LogP contribution in [0.3, 0.4) is 0 Å². The van der Waals surface area contributed by atoms with E-state index in [1.54, 1.807) is 6.92 Å². The highest BCUT2D eigenvalue weighted by molar-refractivity contribution is 7.54. The number of nitrogens with zero attached hydrogens (tertiary/aromatic N) is 2. The summed E-state index contributed by atoms with van der Waals surface area (Å²) in [6, 6.07) is 0. The SMILES string of the molecule is CCC(C)(C[C@H]1OC(n2c(=O)[nH]c3c(=O)[nH]c(N)nc32)=C(O)[C@@H]1O)OP(=O)(O)C(C)(O)CC. The summed E-state index contributed by atoms with van der Waals surface area (Å²) in [5, 5.41) is 29.3. The van der Waals surface area contributed by atoms with Gasteiger partial charge in [0.2, 0.25) is 11.8 Å². The summed E-state index contributed by atoms with van der Waals surface area (Å²) < 4.78 is 24.5. The predicted molar refractivity (Wildman–Crippen MR) is 117 cm³/mol. The quantitative estimate of drug-likeness (QED) is 0.250. The van der Waals surface area contributed by atoms with Crippen LogP contribution >= 0.6 is 7.60 Å². The van der Waals surface area contributed by atoms with E-state index in [4.69, 9.17) is 15.0 Å². The number of aliphatic hydroxyl groups excluding tert-OH is 2.